The quantitative estimate of drug-likeness (QED) is 0.351. The zero-order valence-electron chi connectivity index (χ0n) is 18.0. The van der Waals surface area contributed by atoms with Crippen molar-refractivity contribution in [1.82, 2.24) is 19.7 Å². The SMILES string of the molecule is CC(C)(c1nc(-c2ccccc2)c(CC(=O)S)s1)c1c(Cl)cc(-n2ncc(=O)[nH]c2=O)cc1Cl. The van der Waals surface area contributed by atoms with E-state index in [1.807, 2.05) is 44.2 Å². The van der Waals surface area contributed by atoms with Gasteiger partial charge in [-0.3, -0.25) is 14.6 Å². The molecule has 1 N–H and O–H groups in total. The summed E-state index contributed by atoms with van der Waals surface area (Å²) < 4.78 is 1.00. The molecule has 0 spiro atoms. The van der Waals surface area contributed by atoms with E-state index in [9.17, 15) is 14.4 Å². The first-order valence-corrected chi connectivity index (χ1v) is 12.1. The van der Waals surface area contributed by atoms with E-state index < -0.39 is 16.7 Å². The topological polar surface area (TPSA) is 97.7 Å². The minimum absolute atomic E-state index is 0.141. The second-order valence-electron chi connectivity index (χ2n) is 7.99. The number of aromatic amines is 1. The van der Waals surface area contributed by atoms with Crippen LogP contribution in [0.4, 0.5) is 0 Å². The minimum Gasteiger partial charge on any atom is -0.287 e. The van der Waals surface area contributed by atoms with Crippen LogP contribution in [0.1, 0.15) is 29.3 Å². The van der Waals surface area contributed by atoms with Crippen molar-refractivity contribution in [2.45, 2.75) is 25.7 Å². The molecule has 0 amide bonds. The molecule has 34 heavy (non-hydrogen) atoms. The number of carbonyl (C=O) groups excluding carboxylic acids is 1. The summed E-state index contributed by atoms with van der Waals surface area (Å²) in [5, 5.41) is 4.91. The molecule has 0 saturated heterocycles. The van der Waals surface area contributed by atoms with Crippen LogP contribution in [0.3, 0.4) is 0 Å². The lowest BCUT2D eigenvalue weighted by Crippen LogP contribution is -2.30. The van der Waals surface area contributed by atoms with Gasteiger partial charge in [-0.15, -0.1) is 24.0 Å². The average molecular weight is 533 g/mol. The Morgan fingerprint density at radius 3 is 2.38 bits per heavy atom. The molecule has 0 bridgehead atoms. The molecule has 0 radical (unpaired) electrons. The van der Waals surface area contributed by atoms with Crippen LogP contribution in [0.25, 0.3) is 16.9 Å². The molecule has 0 aliphatic carbocycles. The monoisotopic (exact) mass is 532 g/mol. The van der Waals surface area contributed by atoms with Crippen molar-refractivity contribution in [2.24, 2.45) is 0 Å². The number of hydrogen-bond donors (Lipinski definition) is 2. The molecule has 4 rings (SSSR count). The molecular weight excluding hydrogens is 515 g/mol. The van der Waals surface area contributed by atoms with E-state index in [0.717, 1.165) is 21.3 Å². The molecule has 0 aliphatic rings. The van der Waals surface area contributed by atoms with Crippen LogP contribution in [0, 0.1) is 0 Å². The summed E-state index contributed by atoms with van der Waals surface area (Å²) in [4.78, 5) is 43.1. The van der Waals surface area contributed by atoms with Crippen molar-refractivity contribution in [2.75, 3.05) is 0 Å². The molecule has 0 unspecified atom stereocenters. The first-order chi connectivity index (χ1) is 16.1. The van der Waals surface area contributed by atoms with Crippen LogP contribution in [0.2, 0.25) is 10.0 Å². The van der Waals surface area contributed by atoms with Crippen molar-refractivity contribution in [3.8, 4) is 16.9 Å². The van der Waals surface area contributed by atoms with Crippen LogP contribution in [-0.4, -0.2) is 24.9 Å². The molecular formula is C23H18Cl2N4O3S2. The number of H-pyrrole nitrogens is 1. The van der Waals surface area contributed by atoms with Gasteiger partial charge in [0.2, 0.25) is 0 Å². The van der Waals surface area contributed by atoms with Gasteiger partial charge in [0.05, 0.1) is 17.8 Å². The number of aromatic nitrogens is 4. The van der Waals surface area contributed by atoms with Gasteiger partial charge in [0, 0.05) is 31.5 Å². The first-order valence-electron chi connectivity index (χ1n) is 10.0. The summed E-state index contributed by atoms with van der Waals surface area (Å²) in [6.07, 6.45) is 1.13. The van der Waals surface area contributed by atoms with Crippen LogP contribution >= 0.6 is 47.2 Å². The van der Waals surface area contributed by atoms with Crippen LogP contribution in [0.5, 0.6) is 0 Å². The van der Waals surface area contributed by atoms with Crippen molar-refractivity contribution < 1.29 is 4.79 Å². The lowest BCUT2D eigenvalue weighted by atomic mass is 9.85. The Kier molecular flexibility index (Phi) is 6.82. The van der Waals surface area contributed by atoms with E-state index in [-0.39, 0.29) is 11.5 Å². The first kappa shape index (κ1) is 24.4. The number of benzene rings is 2. The molecule has 2 aromatic heterocycles. The molecule has 0 atom stereocenters. The number of halogens is 2. The van der Waals surface area contributed by atoms with Gasteiger partial charge in [0.25, 0.3) is 5.56 Å². The van der Waals surface area contributed by atoms with Crippen LogP contribution in [0.15, 0.2) is 58.3 Å². The summed E-state index contributed by atoms with van der Waals surface area (Å²) in [7, 11) is 0. The fraction of sp³-hybridized carbons (Fsp3) is 0.174. The van der Waals surface area contributed by atoms with Gasteiger partial charge in [0.15, 0.2) is 5.12 Å². The van der Waals surface area contributed by atoms with Gasteiger partial charge in [-0.2, -0.15) is 9.78 Å². The molecule has 2 aromatic carbocycles. The zero-order chi connectivity index (χ0) is 24.6. The predicted molar refractivity (Wildman–Crippen MR) is 138 cm³/mol. The van der Waals surface area contributed by atoms with E-state index >= 15 is 0 Å². The van der Waals surface area contributed by atoms with Crippen molar-refractivity contribution in [3.63, 3.8) is 0 Å². The second kappa shape index (κ2) is 9.50. The molecule has 0 saturated carbocycles. The minimum atomic E-state index is -0.734. The Bertz CT molecular complexity index is 1490. The number of thiol groups is 1. The highest BCUT2D eigenvalue weighted by Gasteiger charge is 2.33. The Balaban J connectivity index is 1.83. The highest BCUT2D eigenvalue weighted by Crippen LogP contribution is 2.44. The highest BCUT2D eigenvalue weighted by atomic mass is 35.5. The maximum atomic E-state index is 12.1. The average Bonchev–Trinajstić information content (AvgIpc) is 3.17. The van der Waals surface area contributed by atoms with E-state index in [0.29, 0.717) is 32.0 Å². The lowest BCUT2D eigenvalue weighted by Gasteiger charge is -2.26. The molecule has 0 aliphatic heterocycles. The van der Waals surface area contributed by atoms with E-state index in [1.54, 1.807) is 12.1 Å². The Hall–Kier alpha value is -2.72. The Morgan fingerprint density at radius 1 is 1.15 bits per heavy atom. The van der Waals surface area contributed by atoms with Crippen molar-refractivity contribution in [3.05, 3.63) is 95.0 Å². The lowest BCUT2D eigenvalue weighted by molar-refractivity contribution is -0.110. The molecule has 4 aromatic rings. The summed E-state index contributed by atoms with van der Waals surface area (Å²) in [5.41, 5.74) is 0.466. The molecule has 174 valence electrons. The summed E-state index contributed by atoms with van der Waals surface area (Å²) in [6, 6.07) is 12.7. The largest absolute Gasteiger partial charge is 0.349 e. The standard InChI is InChI=1S/C23H18Cl2N4O3S2/c1-23(2,21-28-20(12-6-4-3-5-7-12)16(34-21)10-18(31)33)19-14(24)8-13(9-15(19)25)29-22(32)27-17(30)11-26-29/h3-9,11H,10H2,1-2H3,(H,31,33)(H,27,30,32). The summed E-state index contributed by atoms with van der Waals surface area (Å²) >= 11 is 18.7. The number of nitrogens with zero attached hydrogens (tertiary/aromatic N) is 3. The molecule has 2 heterocycles. The number of thiazole rings is 1. The van der Waals surface area contributed by atoms with Gasteiger partial charge in [-0.1, -0.05) is 53.5 Å². The third kappa shape index (κ3) is 4.74. The summed E-state index contributed by atoms with van der Waals surface area (Å²) in [6.45, 7) is 3.87. The highest BCUT2D eigenvalue weighted by molar-refractivity contribution is 7.96. The Morgan fingerprint density at radius 2 is 1.79 bits per heavy atom. The Labute approximate surface area is 213 Å². The van der Waals surface area contributed by atoms with Gasteiger partial charge < -0.3 is 0 Å². The van der Waals surface area contributed by atoms with Gasteiger partial charge >= 0.3 is 5.69 Å². The normalized spacial score (nSPS) is 11.6. The maximum Gasteiger partial charge on any atom is 0.349 e. The van der Waals surface area contributed by atoms with Gasteiger partial charge in [-0.25, -0.2) is 9.78 Å². The number of hydrogen-bond acceptors (Lipinski definition) is 6. The number of rotatable bonds is 6. The molecule has 11 heteroatoms. The fourth-order valence-electron chi connectivity index (χ4n) is 3.62. The summed E-state index contributed by atoms with van der Waals surface area (Å²) in [5.74, 6) is 0. The zero-order valence-corrected chi connectivity index (χ0v) is 21.2. The van der Waals surface area contributed by atoms with Gasteiger partial charge in [0.1, 0.15) is 11.2 Å². The van der Waals surface area contributed by atoms with Crippen LogP contribution in [-0.2, 0) is 16.6 Å². The van der Waals surface area contributed by atoms with E-state index in [4.69, 9.17) is 28.2 Å². The second-order valence-corrected chi connectivity index (χ2v) is 10.4. The van der Waals surface area contributed by atoms with Crippen molar-refractivity contribution >= 4 is 52.3 Å². The predicted octanol–water partition coefficient (Wildman–Crippen LogP) is 4.68. The van der Waals surface area contributed by atoms with Crippen LogP contribution < -0.4 is 11.2 Å². The third-order valence-electron chi connectivity index (χ3n) is 5.20. The number of nitrogens with one attached hydrogen (secondary N) is 1. The fourth-order valence-corrected chi connectivity index (χ4v) is 6.03. The van der Waals surface area contributed by atoms with Gasteiger partial charge in [-0.05, 0) is 26.0 Å². The van der Waals surface area contributed by atoms with Crippen molar-refractivity contribution in [1.29, 1.82) is 0 Å². The molecule has 7 nitrogen and oxygen atoms in total. The number of carbonyl (C=O) groups is 1. The molecule has 0 fully saturated rings. The van der Waals surface area contributed by atoms with E-state index in [1.165, 1.54) is 11.3 Å². The smallest absolute Gasteiger partial charge is 0.287 e. The third-order valence-corrected chi connectivity index (χ3v) is 7.33. The van der Waals surface area contributed by atoms with E-state index in [2.05, 4.69) is 22.7 Å². The maximum absolute atomic E-state index is 12.1.